The van der Waals surface area contributed by atoms with E-state index in [4.69, 9.17) is 4.74 Å². The number of hydrogen-bond donors (Lipinski definition) is 1. The predicted octanol–water partition coefficient (Wildman–Crippen LogP) is 3.35. The molecule has 0 fully saturated rings. The van der Waals surface area contributed by atoms with Gasteiger partial charge in [-0.3, -0.25) is 0 Å². The van der Waals surface area contributed by atoms with Gasteiger partial charge in [0.1, 0.15) is 0 Å². The topological polar surface area (TPSA) is 21.3 Å². The molecule has 2 nitrogen and oxygen atoms in total. The van der Waals surface area contributed by atoms with E-state index in [2.05, 4.69) is 5.32 Å². The molecule has 0 saturated carbocycles. The minimum absolute atomic E-state index is 0.306. The first-order valence-corrected chi connectivity index (χ1v) is 6.37. The van der Waals surface area contributed by atoms with Gasteiger partial charge in [-0.1, -0.05) is 19.1 Å². The second-order valence-electron chi connectivity index (χ2n) is 4.27. The summed E-state index contributed by atoms with van der Waals surface area (Å²) in [5.74, 6) is -1.55. The van der Waals surface area contributed by atoms with Crippen molar-refractivity contribution < 1.29 is 13.5 Å². The molecule has 102 valence electrons. The number of benzene rings is 1. The Kier molecular flexibility index (Phi) is 6.22. The van der Waals surface area contributed by atoms with Gasteiger partial charge in [0, 0.05) is 12.2 Å². The lowest BCUT2D eigenvalue weighted by Gasteiger charge is -2.20. The van der Waals surface area contributed by atoms with Crippen LogP contribution in [0.5, 0.6) is 0 Å². The molecule has 18 heavy (non-hydrogen) atoms. The lowest BCUT2D eigenvalue weighted by Crippen LogP contribution is -2.27. The summed E-state index contributed by atoms with van der Waals surface area (Å²) >= 11 is 0. The molecule has 0 aliphatic heterocycles. The molecule has 1 aromatic carbocycles. The summed E-state index contributed by atoms with van der Waals surface area (Å²) in [6.07, 6.45) is 0.929. The van der Waals surface area contributed by atoms with Gasteiger partial charge in [-0.15, -0.1) is 0 Å². The fourth-order valence-corrected chi connectivity index (χ4v) is 1.74. The Morgan fingerprint density at radius 1 is 1.22 bits per heavy atom. The summed E-state index contributed by atoms with van der Waals surface area (Å²) in [7, 11) is 0. The zero-order chi connectivity index (χ0) is 13.5. The molecule has 0 aromatic heterocycles. The molecular weight excluding hydrogens is 236 g/mol. The highest BCUT2D eigenvalue weighted by Crippen LogP contribution is 2.22. The van der Waals surface area contributed by atoms with Gasteiger partial charge in [0.15, 0.2) is 11.6 Å². The van der Waals surface area contributed by atoms with Gasteiger partial charge < -0.3 is 10.1 Å². The smallest absolute Gasteiger partial charge is 0.163 e. The van der Waals surface area contributed by atoms with E-state index >= 15 is 0 Å². The number of hydrogen-bond acceptors (Lipinski definition) is 2. The maximum Gasteiger partial charge on any atom is 0.163 e. The van der Waals surface area contributed by atoms with Crippen molar-refractivity contribution in [1.82, 2.24) is 5.32 Å². The molecule has 1 atom stereocenters. The minimum Gasteiger partial charge on any atom is -0.380 e. The highest BCUT2D eigenvalue weighted by atomic mass is 19.2. The lowest BCUT2D eigenvalue weighted by molar-refractivity contribution is 0.121. The summed E-state index contributed by atoms with van der Waals surface area (Å²) in [6.45, 7) is 7.10. The second-order valence-corrected chi connectivity index (χ2v) is 4.27. The van der Waals surface area contributed by atoms with E-state index < -0.39 is 11.6 Å². The Labute approximate surface area is 107 Å². The van der Waals surface area contributed by atoms with Crippen molar-refractivity contribution in [3.05, 3.63) is 34.9 Å². The summed E-state index contributed by atoms with van der Waals surface area (Å²) in [5, 5.41) is 3.18. The van der Waals surface area contributed by atoms with E-state index in [1.165, 1.54) is 0 Å². The second kappa shape index (κ2) is 7.44. The first-order chi connectivity index (χ1) is 8.61. The van der Waals surface area contributed by atoms with E-state index in [0.717, 1.165) is 13.0 Å². The molecule has 0 amide bonds. The molecule has 0 bridgehead atoms. The number of nitrogens with one attached hydrogen (secondary N) is 1. The van der Waals surface area contributed by atoms with Gasteiger partial charge in [0.2, 0.25) is 0 Å². The third-order valence-electron chi connectivity index (χ3n) is 2.81. The third kappa shape index (κ3) is 3.75. The Balaban J connectivity index is 2.93. The first-order valence-electron chi connectivity index (χ1n) is 6.37. The molecule has 0 aliphatic carbocycles. The van der Waals surface area contributed by atoms with E-state index in [0.29, 0.717) is 24.3 Å². The molecule has 1 N–H and O–H groups in total. The molecule has 0 saturated heterocycles. The van der Waals surface area contributed by atoms with Crippen LogP contribution < -0.4 is 5.32 Å². The lowest BCUT2D eigenvalue weighted by atomic mass is 10.0. The largest absolute Gasteiger partial charge is 0.380 e. The highest BCUT2D eigenvalue weighted by Gasteiger charge is 2.19. The van der Waals surface area contributed by atoms with E-state index in [1.54, 1.807) is 19.1 Å². The summed E-state index contributed by atoms with van der Waals surface area (Å²) in [6, 6.07) is 2.92. The standard InChI is InChI=1S/C14H21F2NO/c1-4-8-17-12(9-18-5-2)11-7-6-10(3)13(15)14(11)16/h6-7,12,17H,4-5,8-9H2,1-3H3. The van der Waals surface area contributed by atoms with Crippen molar-refractivity contribution in [2.24, 2.45) is 0 Å². The molecule has 1 unspecified atom stereocenters. The van der Waals surface area contributed by atoms with Crippen LogP contribution in [0, 0.1) is 18.6 Å². The average Bonchev–Trinajstić information content (AvgIpc) is 2.37. The molecule has 0 radical (unpaired) electrons. The zero-order valence-corrected chi connectivity index (χ0v) is 11.2. The van der Waals surface area contributed by atoms with Gasteiger partial charge in [-0.2, -0.15) is 0 Å². The van der Waals surface area contributed by atoms with Crippen LogP contribution in [0.3, 0.4) is 0 Å². The maximum absolute atomic E-state index is 13.9. The van der Waals surface area contributed by atoms with Crippen molar-refractivity contribution >= 4 is 0 Å². The molecule has 0 heterocycles. The summed E-state index contributed by atoms with van der Waals surface area (Å²) in [5.41, 5.74) is 0.655. The van der Waals surface area contributed by atoms with E-state index in [-0.39, 0.29) is 6.04 Å². The maximum atomic E-state index is 13.9. The van der Waals surface area contributed by atoms with Gasteiger partial charge in [0.05, 0.1) is 12.6 Å². The normalized spacial score (nSPS) is 12.7. The van der Waals surface area contributed by atoms with Crippen LogP contribution >= 0.6 is 0 Å². The summed E-state index contributed by atoms with van der Waals surface area (Å²) < 4.78 is 32.8. The van der Waals surface area contributed by atoms with Gasteiger partial charge in [-0.25, -0.2) is 8.78 Å². The summed E-state index contributed by atoms with van der Waals surface area (Å²) in [4.78, 5) is 0. The van der Waals surface area contributed by atoms with Crippen LogP contribution in [0.2, 0.25) is 0 Å². The Morgan fingerprint density at radius 2 is 1.94 bits per heavy atom. The van der Waals surface area contributed by atoms with Crippen LogP contribution in [0.1, 0.15) is 37.4 Å². The highest BCUT2D eigenvalue weighted by molar-refractivity contribution is 5.28. The Morgan fingerprint density at radius 3 is 2.56 bits per heavy atom. The molecule has 0 aliphatic rings. The SMILES string of the molecule is CCCNC(COCC)c1ccc(C)c(F)c1F. The first kappa shape index (κ1) is 15.1. The molecule has 1 aromatic rings. The van der Waals surface area contributed by atoms with Gasteiger partial charge in [0.25, 0.3) is 0 Å². The molecular formula is C14H21F2NO. The molecule has 0 spiro atoms. The van der Waals surface area contributed by atoms with Crippen molar-refractivity contribution in [3.63, 3.8) is 0 Å². The van der Waals surface area contributed by atoms with E-state index in [9.17, 15) is 8.78 Å². The number of halogens is 2. The van der Waals surface area contributed by atoms with Crippen LogP contribution in [0.25, 0.3) is 0 Å². The van der Waals surface area contributed by atoms with Crippen LogP contribution in [-0.2, 0) is 4.74 Å². The predicted molar refractivity (Wildman–Crippen MR) is 68.6 cm³/mol. The Hall–Kier alpha value is -1.00. The van der Waals surface area contributed by atoms with Crippen LogP contribution in [-0.4, -0.2) is 19.8 Å². The number of aryl methyl sites for hydroxylation is 1. The zero-order valence-electron chi connectivity index (χ0n) is 11.2. The van der Waals surface area contributed by atoms with Crippen LogP contribution in [0.15, 0.2) is 12.1 Å². The fourth-order valence-electron chi connectivity index (χ4n) is 1.74. The Bertz CT molecular complexity index is 374. The molecule has 4 heteroatoms. The van der Waals surface area contributed by atoms with Crippen molar-refractivity contribution in [3.8, 4) is 0 Å². The minimum atomic E-state index is -0.775. The van der Waals surface area contributed by atoms with Gasteiger partial charge in [-0.05, 0) is 32.4 Å². The fraction of sp³-hybridized carbons (Fsp3) is 0.571. The third-order valence-corrected chi connectivity index (χ3v) is 2.81. The van der Waals surface area contributed by atoms with Crippen molar-refractivity contribution in [1.29, 1.82) is 0 Å². The van der Waals surface area contributed by atoms with Gasteiger partial charge >= 0.3 is 0 Å². The van der Waals surface area contributed by atoms with E-state index in [1.807, 2.05) is 13.8 Å². The van der Waals surface area contributed by atoms with Crippen molar-refractivity contribution in [2.45, 2.75) is 33.2 Å². The van der Waals surface area contributed by atoms with Crippen LogP contribution in [0.4, 0.5) is 8.78 Å². The monoisotopic (exact) mass is 257 g/mol. The molecule has 1 rings (SSSR count). The average molecular weight is 257 g/mol. The van der Waals surface area contributed by atoms with Crippen molar-refractivity contribution in [2.75, 3.05) is 19.8 Å². The number of rotatable bonds is 7. The quantitative estimate of drug-likeness (QED) is 0.808. The number of ether oxygens (including phenoxy) is 1.